The van der Waals surface area contributed by atoms with Crippen LogP contribution in [0.4, 0.5) is 4.39 Å². The molecule has 0 aromatic carbocycles. The molecule has 4 heteroatoms. The summed E-state index contributed by atoms with van der Waals surface area (Å²) in [7, 11) is 3.91. The predicted octanol–water partition coefficient (Wildman–Crippen LogP) is 1.49. The molecule has 14 heavy (non-hydrogen) atoms. The van der Waals surface area contributed by atoms with Crippen molar-refractivity contribution in [3.8, 4) is 0 Å². The van der Waals surface area contributed by atoms with E-state index in [1.807, 2.05) is 0 Å². The minimum Gasteiger partial charge on any atom is -0.301 e. The highest BCUT2D eigenvalue weighted by molar-refractivity contribution is 7.21. The second-order valence-electron chi connectivity index (χ2n) is 5.14. The Morgan fingerprint density at radius 3 is 2.36 bits per heavy atom. The molecule has 1 nitrogen and oxygen atoms in total. The molecule has 2 atom stereocenters. The first-order chi connectivity index (χ1) is 6.38. The zero-order chi connectivity index (χ0) is 10.8. The number of alkyl halides is 1. The Labute approximate surface area is 90.4 Å². The first-order valence-electron chi connectivity index (χ1n) is 5.58. The number of hydrogen-bond donors (Lipinski definition) is 0. The third-order valence-electron chi connectivity index (χ3n) is 3.11. The molecule has 0 N–H and O–H groups in total. The fourth-order valence-corrected chi connectivity index (χ4v) is 2.47. The Kier molecular flexibility index (Phi) is 4.40. The Hall–Kier alpha value is 0.385. The summed E-state index contributed by atoms with van der Waals surface area (Å²) in [4.78, 5) is 2.24. The molecule has 1 fully saturated rings. The molecule has 1 aliphatic rings. The van der Waals surface area contributed by atoms with Gasteiger partial charge in [0.05, 0.1) is 0 Å². The largest absolute Gasteiger partial charge is 0.301 e. The summed E-state index contributed by atoms with van der Waals surface area (Å²) in [6, 6.07) is 0. The fraction of sp³-hybridized carbons (Fsp3) is 1.00. The molecule has 1 heterocycles. The van der Waals surface area contributed by atoms with Crippen LogP contribution < -0.4 is 0 Å². The van der Waals surface area contributed by atoms with Crippen molar-refractivity contribution in [2.45, 2.75) is 32.0 Å². The smallest absolute Gasteiger partial charge is 0.156 e. The maximum atomic E-state index is 13.4. The molecule has 0 aliphatic carbocycles. The normalized spacial score (nSPS) is 25.2. The Morgan fingerprint density at radius 2 is 2.00 bits per heavy atom. The van der Waals surface area contributed by atoms with Gasteiger partial charge in [-0.1, -0.05) is 13.8 Å². The van der Waals surface area contributed by atoms with Gasteiger partial charge in [0.1, 0.15) is 5.31 Å². The molecule has 0 aromatic heterocycles. The first kappa shape index (κ1) is 12.5. The van der Waals surface area contributed by atoms with Crippen molar-refractivity contribution in [3.05, 3.63) is 0 Å². The van der Waals surface area contributed by atoms with Gasteiger partial charge in [0.25, 0.3) is 0 Å². The van der Waals surface area contributed by atoms with E-state index < -0.39 is 5.31 Å². The van der Waals surface area contributed by atoms with Gasteiger partial charge >= 0.3 is 0 Å². The van der Waals surface area contributed by atoms with E-state index in [2.05, 4.69) is 28.0 Å². The lowest BCUT2D eigenvalue weighted by molar-refractivity contribution is 0.135. The van der Waals surface area contributed by atoms with E-state index in [1.165, 1.54) is 12.8 Å². The minimum absolute atomic E-state index is 0.558. The van der Waals surface area contributed by atoms with Crippen LogP contribution in [0.3, 0.4) is 0 Å². The molecular weight excluding hydrogens is 195 g/mol. The molecule has 0 aromatic rings. The van der Waals surface area contributed by atoms with Crippen molar-refractivity contribution in [2.75, 3.05) is 19.6 Å². The van der Waals surface area contributed by atoms with E-state index in [4.69, 9.17) is 0 Å². The predicted molar refractivity (Wildman–Crippen MR) is 66.1 cm³/mol. The number of nitrogens with zero attached hydrogens (tertiary/aromatic N) is 1. The average Bonchev–Trinajstić information content (AvgIpc) is 2.02. The van der Waals surface area contributed by atoms with Crippen LogP contribution in [0.5, 0.6) is 0 Å². The molecule has 0 bridgehead atoms. The van der Waals surface area contributed by atoms with Gasteiger partial charge in [-0.3, -0.25) is 0 Å². The van der Waals surface area contributed by atoms with Crippen LogP contribution >= 0.6 is 9.24 Å². The maximum absolute atomic E-state index is 13.4. The molecular formula is C10H22BFNP. The maximum Gasteiger partial charge on any atom is 0.156 e. The van der Waals surface area contributed by atoms with Crippen LogP contribution in [0.15, 0.2) is 0 Å². The van der Waals surface area contributed by atoms with Crippen molar-refractivity contribution in [1.29, 1.82) is 0 Å². The van der Waals surface area contributed by atoms with Crippen molar-refractivity contribution in [2.24, 2.45) is 11.8 Å². The third-order valence-corrected chi connectivity index (χ3v) is 3.29. The summed E-state index contributed by atoms with van der Waals surface area (Å²) in [5.74, 6) is 1.63. The molecule has 0 saturated carbocycles. The molecule has 2 unspecified atom stereocenters. The molecule has 0 radical (unpaired) electrons. The summed E-state index contributed by atoms with van der Waals surface area (Å²) in [5, 5.41) is -1.12. The number of likely N-dealkylation sites (tertiary alicyclic amines) is 1. The van der Waals surface area contributed by atoms with Crippen LogP contribution in [0.25, 0.3) is 0 Å². The Balaban J connectivity index is 2.29. The van der Waals surface area contributed by atoms with Crippen LogP contribution in [0.1, 0.15) is 26.7 Å². The summed E-state index contributed by atoms with van der Waals surface area (Å²) < 4.78 is 13.4. The highest BCUT2D eigenvalue weighted by Crippen LogP contribution is 2.26. The molecule has 1 saturated heterocycles. The first-order valence-corrected chi connectivity index (χ1v) is 6.16. The standard InChI is InChI=1S/C10H22BFNP/c1-8(2)9-3-5-13(6-4-9)7-10(11,12)14/h8-9H,3-7,11,14H2,1-2H3. The quantitative estimate of drug-likeness (QED) is 0.511. The second kappa shape index (κ2) is 4.94. The van der Waals surface area contributed by atoms with Gasteiger partial charge in [-0.2, -0.15) is 0 Å². The highest BCUT2D eigenvalue weighted by atomic mass is 31.0. The minimum atomic E-state index is -1.12. The van der Waals surface area contributed by atoms with Crippen LogP contribution in [0, 0.1) is 11.8 Å². The van der Waals surface area contributed by atoms with Gasteiger partial charge in [-0.15, -0.1) is 9.24 Å². The van der Waals surface area contributed by atoms with E-state index >= 15 is 0 Å². The van der Waals surface area contributed by atoms with Gasteiger partial charge in [-0.05, 0) is 37.8 Å². The summed E-state index contributed by atoms with van der Waals surface area (Å²) >= 11 is 0. The molecule has 1 aliphatic heterocycles. The number of halogens is 1. The Bertz CT molecular complexity index is 173. The molecule has 0 amide bonds. The summed E-state index contributed by atoms with van der Waals surface area (Å²) in [6.45, 7) is 7.26. The summed E-state index contributed by atoms with van der Waals surface area (Å²) in [6.07, 6.45) is 2.47. The van der Waals surface area contributed by atoms with E-state index in [-0.39, 0.29) is 0 Å². The summed E-state index contributed by atoms with van der Waals surface area (Å²) in [5.41, 5.74) is 0. The van der Waals surface area contributed by atoms with Gasteiger partial charge in [0.2, 0.25) is 0 Å². The van der Waals surface area contributed by atoms with E-state index in [9.17, 15) is 4.39 Å². The highest BCUT2D eigenvalue weighted by Gasteiger charge is 2.26. The second-order valence-corrected chi connectivity index (χ2v) is 6.34. The Morgan fingerprint density at radius 1 is 1.50 bits per heavy atom. The number of hydrogen-bond acceptors (Lipinski definition) is 1. The lowest BCUT2D eigenvalue weighted by Crippen LogP contribution is -2.42. The third kappa shape index (κ3) is 4.27. The molecule has 1 rings (SSSR count). The van der Waals surface area contributed by atoms with Crippen LogP contribution in [-0.4, -0.2) is 37.7 Å². The van der Waals surface area contributed by atoms with Crippen LogP contribution in [-0.2, 0) is 0 Å². The monoisotopic (exact) mass is 217 g/mol. The fourth-order valence-electron chi connectivity index (χ4n) is 2.21. The van der Waals surface area contributed by atoms with Crippen LogP contribution in [0.2, 0.25) is 0 Å². The lowest BCUT2D eigenvalue weighted by Gasteiger charge is -2.36. The topological polar surface area (TPSA) is 3.24 Å². The van der Waals surface area contributed by atoms with E-state index in [0.29, 0.717) is 6.54 Å². The SMILES string of the molecule is BC(F)(P)CN1CCC(C(C)C)CC1. The number of rotatable bonds is 3. The van der Waals surface area contributed by atoms with Crippen molar-refractivity contribution in [1.82, 2.24) is 4.90 Å². The van der Waals surface area contributed by atoms with Gasteiger partial charge in [0.15, 0.2) is 7.85 Å². The van der Waals surface area contributed by atoms with E-state index in [1.54, 1.807) is 7.85 Å². The average molecular weight is 217 g/mol. The van der Waals surface area contributed by atoms with Gasteiger partial charge in [0, 0.05) is 6.54 Å². The van der Waals surface area contributed by atoms with E-state index in [0.717, 1.165) is 24.9 Å². The molecule has 82 valence electrons. The van der Waals surface area contributed by atoms with Gasteiger partial charge < -0.3 is 4.90 Å². The van der Waals surface area contributed by atoms with Crippen molar-refractivity contribution < 1.29 is 4.39 Å². The molecule has 0 spiro atoms. The number of piperidine rings is 1. The zero-order valence-electron chi connectivity index (χ0n) is 9.59. The van der Waals surface area contributed by atoms with Gasteiger partial charge in [-0.25, -0.2) is 4.39 Å². The lowest BCUT2D eigenvalue weighted by atomic mass is 9.86. The van der Waals surface area contributed by atoms with Crippen molar-refractivity contribution >= 4 is 17.1 Å². The zero-order valence-corrected chi connectivity index (χ0v) is 10.7. The van der Waals surface area contributed by atoms with Crippen molar-refractivity contribution in [3.63, 3.8) is 0 Å².